The van der Waals surface area contributed by atoms with E-state index in [1.54, 1.807) is 23.7 Å². The second kappa shape index (κ2) is 6.25. The zero-order chi connectivity index (χ0) is 18.4. The summed E-state index contributed by atoms with van der Waals surface area (Å²) in [6, 6.07) is 14.5. The maximum absolute atomic E-state index is 12.3. The Kier molecular flexibility index (Phi) is 4.03. The first kappa shape index (κ1) is 16.8. The number of halogens is 1. The van der Waals surface area contributed by atoms with Crippen LogP contribution in [-0.2, 0) is 7.05 Å². The van der Waals surface area contributed by atoms with Gasteiger partial charge < -0.3 is 9.47 Å². The van der Waals surface area contributed by atoms with Crippen LogP contribution in [0.3, 0.4) is 0 Å². The third kappa shape index (κ3) is 2.68. The minimum atomic E-state index is -0.395. The highest BCUT2D eigenvalue weighted by Gasteiger charge is 2.31. The van der Waals surface area contributed by atoms with E-state index in [0.717, 1.165) is 39.7 Å². The lowest BCUT2D eigenvalue weighted by molar-refractivity contribution is -0.384. The molecule has 0 aliphatic carbocycles. The minimum absolute atomic E-state index is 0.0290. The summed E-state index contributed by atoms with van der Waals surface area (Å²) in [6.45, 7) is 1.54. The third-order valence-electron chi connectivity index (χ3n) is 4.99. The van der Waals surface area contributed by atoms with Gasteiger partial charge in [-0.25, -0.2) is 0 Å². The van der Waals surface area contributed by atoms with E-state index < -0.39 is 4.92 Å². The monoisotopic (exact) mass is 413 g/mol. The van der Waals surface area contributed by atoms with Crippen LogP contribution in [0.4, 0.5) is 11.4 Å². The molecule has 0 N–H and O–H groups in total. The van der Waals surface area contributed by atoms with Gasteiger partial charge in [0.2, 0.25) is 0 Å². The lowest BCUT2D eigenvalue weighted by Gasteiger charge is -2.42. The highest BCUT2D eigenvalue weighted by molar-refractivity contribution is 9.10. The Bertz CT molecular complexity index is 1090. The first-order valence-electron chi connectivity index (χ1n) is 8.23. The average molecular weight is 414 g/mol. The van der Waals surface area contributed by atoms with Crippen LogP contribution in [0.2, 0.25) is 0 Å². The number of fused-ring (bicyclic) bond motifs is 1. The number of pyridine rings is 1. The second-order valence-corrected chi connectivity index (χ2v) is 7.36. The molecule has 6 nitrogen and oxygen atoms in total. The molecule has 4 rings (SSSR count). The Morgan fingerprint density at radius 1 is 1.15 bits per heavy atom. The third-order valence-corrected chi connectivity index (χ3v) is 5.68. The fourth-order valence-corrected chi connectivity index (χ4v) is 4.18. The van der Waals surface area contributed by atoms with E-state index in [1.165, 1.54) is 6.07 Å². The molecular weight excluding hydrogens is 398 g/mol. The molecule has 0 amide bonds. The number of non-ortho nitro benzene ring substituents is 1. The van der Waals surface area contributed by atoms with Crippen LogP contribution < -0.4 is 10.5 Å². The Balaban J connectivity index is 1.63. The van der Waals surface area contributed by atoms with Crippen LogP contribution >= 0.6 is 15.9 Å². The normalized spacial score (nSPS) is 14.5. The van der Waals surface area contributed by atoms with Crippen LogP contribution in [0, 0.1) is 10.1 Å². The van der Waals surface area contributed by atoms with Crippen molar-refractivity contribution < 1.29 is 4.92 Å². The number of nitro groups is 1. The largest absolute Gasteiger partial charge is 0.369 e. The van der Waals surface area contributed by atoms with Crippen molar-refractivity contribution in [3.63, 3.8) is 0 Å². The molecule has 7 heteroatoms. The summed E-state index contributed by atoms with van der Waals surface area (Å²) in [5, 5.41) is 11.9. The standard InChI is InChI=1S/C19H16BrN3O3/c1-21-17-5-3-2-4-15(17)18(9-19(21)24)22-10-12(11-22)14-7-6-13(23(25)26)8-16(14)20/h2-9,12H,10-11H2,1H3. The van der Waals surface area contributed by atoms with E-state index in [9.17, 15) is 14.9 Å². The number of rotatable bonds is 3. The molecule has 0 spiro atoms. The molecule has 0 atom stereocenters. The summed E-state index contributed by atoms with van der Waals surface area (Å²) in [7, 11) is 1.78. The average Bonchev–Trinajstić information content (AvgIpc) is 2.59. The van der Waals surface area contributed by atoms with Crippen LogP contribution in [-0.4, -0.2) is 22.6 Å². The summed E-state index contributed by atoms with van der Waals surface area (Å²) in [6.07, 6.45) is 0. The second-order valence-electron chi connectivity index (χ2n) is 6.51. The zero-order valence-corrected chi connectivity index (χ0v) is 15.6. The predicted molar refractivity (Wildman–Crippen MR) is 105 cm³/mol. The molecular formula is C19H16BrN3O3. The Morgan fingerprint density at radius 3 is 2.58 bits per heavy atom. The van der Waals surface area contributed by atoms with Gasteiger partial charge in [-0.2, -0.15) is 0 Å². The smallest absolute Gasteiger partial charge is 0.270 e. The Labute approximate surface area is 157 Å². The fourth-order valence-electron chi connectivity index (χ4n) is 3.49. The highest BCUT2D eigenvalue weighted by atomic mass is 79.9. The number of hydrogen-bond donors (Lipinski definition) is 0. The van der Waals surface area contributed by atoms with E-state index in [0.29, 0.717) is 0 Å². The molecule has 2 heterocycles. The topological polar surface area (TPSA) is 68.4 Å². The molecule has 1 fully saturated rings. The van der Waals surface area contributed by atoms with Gasteiger partial charge in [-0.3, -0.25) is 14.9 Å². The highest BCUT2D eigenvalue weighted by Crippen LogP contribution is 2.38. The van der Waals surface area contributed by atoms with Crippen LogP contribution in [0.5, 0.6) is 0 Å². The number of para-hydroxylation sites is 1. The van der Waals surface area contributed by atoms with Gasteiger partial charge in [-0.1, -0.05) is 40.2 Å². The number of anilines is 1. The summed E-state index contributed by atoms with van der Waals surface area (Å²) >= 11 is 3.45. The maximum Gasteiger partial charge on any atom is 0.270 e. The lowest BCUT2D eigenvalue weighted by atomic mass is 9.90. The summed E-state index contributed by atoms with van der Waals surface area (Å²) in [5.41, 5.74) is 2.96. The molecule has 132 valence electrons. The van der Waals surface area contributed by atoms with Crippen molar-refractivity contribution in [3.8, 4) is 0 Å². The van der Waals surface area contributed by atoms with Crippen molar-refractivity contribution in [1.29, 1.82) is 0 Å². The van der Waals surface area contributed by atoms with E-state index in [2.05, 4.69) is 20.8 Å². The number of nitro benzene ring substituents is 1. The van der Waals surface area contributed by atoms with Gasteiger partial charge in [0, 0.05) is 54.1 Å². The molecule has 0 saturated carbocycles. The fraction of sp³-hybridized carbons (Fsp3) is 0.211. The Morgan fingerprint density at radius 2 is 1.88 bits per heavy atom. The van der Waals surface area contributed by atoms with Gasteiger partial charge in [0.05, 0.1) is 16.1 Å². The van der Waals surface area contributed by atoms with Gasteiger partial charge in [0.15, 0.2) is 0 Å². The summed E-state index contributed by atoms with van der Waals surface area (Å²) in [5.74, 6) is 0.271. The van der Waals surface area contributed by atoms with E-state index in [-0.39, 0.29) is 17.2 Å². The lowest BCUT2D eigenvalue weighted by Crippen LogP contribution is -2.45. The number of nitrogens with zero attached hydrogens (tertiary/aromatic N) is 3. The molecule has 0 unspecified atom stereocenters. The molecule has 26 heavy (non-hydrogen) atoms. The number of aryl methyl sites for hydroxylation is 1. The quantitative estimate of drug-likeness (QED) is 0.483. The molecule has 3 aromatic rings. The van der Waals surface area contributed by atoms with E-state index in [1.807, 2.05) is 30.3 Å². The molecule has 1 aromatic heterocycles. The zero-order valence-electron chi connectivity index (χ0n) is 14.1. The van der Waals surface area contributed by atoms with Crippen LogP contribution in [0.1, 0.15) is 11.5 Å². The number of benzene rings is 2. The van der Waals surface area contributed by atoms with Gasteiger partial charge in [-0.15, -0.1) is 0 Å². The first-order valence-corrected chi connectivity index (χ1v) is 9.02. The van der Waals surface area contributed by atoms with Crippen molar-refractivity contribution >= 4 is 38.2 Å². The van der Waals surface area contributed by atoms with Gasteiger partial charge in [0.1, 0.15) is 0 Å². The van der Waals surface area contributed by atoms with E-state index in [4.69, 9.17) is 0 Å². The SMILES string of the molecule is Cn1c(=O)cc(N2CC(c3ccc([N+](=O)[O-])cc3Br)C2)c2ccccc21. The van der Waals surface area contributed by atoms with Crippen molar-refractivity contribution in [1.82, 2.24) is 4.57 Å². The van der Waals surface area contributed by atoms with Gasteiger partial charge >= 0.3 is 0 Å². The molecule has 1 aliphatic heterocycles. The Hall–Kier alpha value is -2.67. The van der Waals surface area contributed by atoms with Crippen LogP contribution in [0.15, 0.2) is 57.8 Å². The molecule has 0 radical (unpaired) electrons. The number of hydrogen-bond acceptors (Lipinski definition) is 4. The van der Waals surface area contributed by atoms with Gasteiger partial charge in [-0.05, 0) is 11.6 Å². The first-order chi connectivity index (χ1) is 12.5. The van der Waals surface area contributed by atoms with Crippen molar-refractivity contribution in [2.75, 3.05) is 18.0 Å². The molecule has 2 aromatic carbocycles. The van der Waals surface area contributed by atoms with Crippen molar-refractivity contribution in [3.05, 3.63) is 79.0 Å². The van der Waals surface area contributed by atoms with E-state index >= 15 is 0 Å². The van der Waals surface area contributed by atoms with Crippen LogP contribution in [0.25, 0.3) is 10.9 Å². The molecule has 1 aliphatic rings. The maximum atomic E-state index is 12.3. The molecule has 1 saturated heterocycles. The van der Waals surface area contributed by atoms with Crippen molar-refractivity contribution in [2.24, 2.45) is 7.05 Å². The van der Waals surface area contributed by atoms with Crippen molar-refractivity contribution in [2.45, 2.75) is 5.92 Å². The predicted octanol–water partition coefficient (Wildman–Crippen LogP) is 3.81. The minimum Gasteiger partial charge on any atom is -0.369 e. The summed E-state index contributed by atoms with van der Waals surface area (Å²) < 4.78 is 2.41. The molecule has 0 bridgehead atoms. The summed E-state index contributed by atoms with van der Waals surface area (Å²) in [4.78, 5) is 24.9. The number of aromatic nitrogens is 1. The van der Waals surface area contributed by atoms with Gasteiger partial charge in [0.25, 0.3) is 11.2 Å².